The highest BCUT2D eigenvalue weighted by atomic mass is 19.4. The van der Waals surface area contributed by atoms with Crippen LogP contribution in [0.15, 0.2) is 67.1 Å². The maximum absolute atomic E-state index is 12.5. The van der Waals surface area contributed by atoms with E-state index in [0.29, 0.717) is 12.2 Å². The van der Waals surface area contributed by atoms with Crippen LogP contribution in [0.5, 0.6) is 5.75 Å². The first kappa shape index (κ1) is 17.8. The number of anilines is 2. The van der Waals surface area contributed by atoms with Gasteiger partial charge in [0.25, 0.3) is 0 Å². The van der Waals surface area contributed by atoms with Crippen molar-refractivity contribution in [1.29, 1.82) is 0 Å². The molecule has 0 bridgehead atoms. The van der Waals surface area contributed by atoms with Gasteiger partial charge in [-0.15, -0.1) is 13.2 Å². The first-order chi connectivity index (χ1) is 13.5. The number of rotatable bonds is 5. The molecule has 142 valence electrons. The van der Waals surface area contributed by atoms with Gasteiger partial charge in [-0.05, 0) is 41.5 Å². The van der Waals surface area contributed by atoms with Crippen LogP contribution in [0.1, 0.15) is 11.1 Å². The van der Waals surface area contributed by atoms with Crippen LogP contribution in [-0.2, 0) is 6.42 Å². The first-order valence-electron chi connectivity index (χ1n) is 8.46. The molecule has 0 unspecified atom stereocenters. The van der Waals surface area contributed by atoms with Crippen LogP contribution in [0.4, 0.5) is 24.7 Å². The Bertz CT molecular complexity index is 1090. The van der Waals surface area contributed by atoms with E-state index in [1.54, 1.807) is 24.5 Å². The lowest BCUT2D eigenvalue weighted by Crippen LogP contribution is -2.17. The normalized spacial score (nSPS) is 11.5. The highest BCUT2D eigenvalue weighted by molar-refractivity contribution is 5.79. The van der Waals surface area contributed by atoms with E-state index < -0.39 is 6.36 Å². The van der Waals surface area contributed by atoms with Crippen molar-refractivity contribution in [3.05, 3.63) is 78.2 Å². The van der Waals surface area contributed by atoms with Crippen LogP contribution in [-0.4, -0.2) is 21.3 Å². The van der Waals surface area contributed by atoms with Crippen molar-refractivity contribution in [2.75, 3.05) is 5.32 Å². The number of H-pyrrole nitrogens is 1. The molecule has 0 atom stereocenters. The molecule has 0 spiro atoms. The minimum absolute atomic E-state index is 0.183. The molecule has 0 saturated carbocycles. The van der Waals surface area contributed by atoms with Crippen molar-refractivity contribution < 1.29 is 17.9 Å². The summed E-state index contributed by atoms with van der Waals surface area (Å²) < 4.78 is 41.6. The topological polar surface area (TPSA) is 62.8 Å². The second kappa shape index (κ2) is 7.22. The predicted molar refractivity (Wildman–Crippen MR) is 99.5 cm³/mol. The molecule has 28 heavy (non-hydrogen) atoms. The number of hydrogen-bond acceptors (Lipinski definition) is 4. The van der Waals surface area contributed by atoms with E-state index in [9.17, 15) is 13.2 Å². The Hall–Kier alpha value is -3.55. The van der Waals surface area contributed by atoms with Gasteiger partial charge < -0.3 is 15.0 Å². The van der Waals surface area contributed by atoms with Crippen molar-refractivity contribution in [3.8, 4) is 5.75 Å². The highest BCUT2D eigenvalue weighted by Crippen LogP contribution is 2.31. The first-order valence-corrected chi connectivity index (χ1v) is 8.46. The number of fused-ring (bicyclic) bond motifs is 1. The minimum Gasteiger partial charge on any atom is -0.404 e. The van der Waals surface area contributed by atoms with E-state index in [2.05, 4.69) is 25.0 Å². The fourth-order valence-corrected chi connectivity index (χ4v) is 2.90. The zero-order chi connectivity index (χ0) is 19.6. The van der Waals surface area contributed by atoms with Gasteiger partial charge in [-0.3, -0.25) is 0 Å². The molecule has 0 radical (unpaired) electrons. The summed E-state index contributed by atoms with van der Waals surface area (Å²) in [5, 5.41) is 3.90. The maximum atomic E-state index is 12.5. The summed E-state index contributed by atoms with van der Waals surface area (Å²) >= 11 is 0. The third kappa shape index (κ3) is 4.06. The smallest absolute Gasteiger partial charge is 0.404 e. The molecule has 2 N–H and O–H groups in total. The molecule has 0 fully saturated rings. The van der Waals surface area contributed by atoms with Gasteiger partial charge in [0.15, 0.2) is 5.75 Å². The van der Waals surface area contributed by atoms with Gasteiger partial charge >= 0.3 is 6.36 Å². The Kier molecular flexibility index (Phi) is 4.60. The number of nitrogens with zero attached hydrogens (tertiary/aromatic N) is 2. The largest absolute Gasteiger partial charge is 0.573 e. The predicted octanol–water partition coefficient (Wildman–Crippen LogP) is 5.19. The maximum Gasteiger partial charge on any atom is 0.573 e. The zero-order valence-corrected chi connectivity index (χ0v) is 14.5. The van der Waals surface area contributed by atoms with E-state index in [4.69, 9.17) is 0 Å². The number of hydrogen-bond donors (Lipinski definition) is 2. The number of alkyl halides is 3. The summed E-state index contributed by atoms with van der Waals surface area (Å²) in [6, 6.07) is 13.3. The number of halogens is 3. The van der Waals surface area contributed by atoms with Crippen LogP contribution in [0, 0.1) is 0 Å². The minimum atomic E-state index is -4.76. The monoisotopic (exact) mass is 384 g/mol. The van der Waals surface area contributed by atoms with Gasteiger partial charge in [0.05, 0.1) is 5.69 Å². The lowest BCUT2D eigenvalue weighted by atomic mass is 10.1. The van der Waals surface area contributed by atoms with E-state index in [1.807, 2.05) is 24.4 Å². The van der Waals surface area contributed by atoms with Crippen LogP contribution in [0.25, 0.3) is 11.0 Å². The molecule has 3 aromatic heterocycles. The molecule has 4 aromatic rings. The number of nitrogens with one attached hydrogen (secondary N) is 2. The molecule has 5 nitrogen and oxygen atoms in total. The SMILES string of the molecule is FC(F)(F)Oc1ccccc1Nc1ccc(Cc2c[nH]c3ncccc23)cn1. The summed E-state index contributed by atoms with van der Waals surface area (Å²) in [6.07, 6.45) is 1.22. The molecule has 1 aromatic carbocycles. The van der Waals surface area contributed by atoms with Crippen molar-refractivity contribution in [1.82, 2.24) is 15.0 Å². The molecule has 0 aliphatic rings. The van der Waals surface area contributed by atoms with Gasteiger partial charge in [0.2, 0.25) is 0 Å². The second-order valence-electron chi connectivity index (χ2n) is 6.11. The van der Waals surface area contributed by atoms with E-state index >= 15 is 0 Å². The number of benzene rings is 1. The zero-order valence-electron chi connectivity index (χ0n) is 14.5. The van der Waals surface area contributed by atoms with Gasteiger partial charge in [0, 0.05) is 30.4 Å². The summed E-state index contributed by atoms with van der Waals surface area (Å²) in [7, 11) is 0. The molecular weight excluding hydrogens is 369 g/mol. The number of pyridine rings is 2. The van der Waals surface area contributed by atoms with Crippen LogP contribution in [0.3, 0.4) is 0 Å². The van der Waals surface area contributed by atoms with Crippen molar-refractivity contribution in [2.45, 2.75) is 12.8 Å². The Balaban J connectivity index is 1.50. The Labute approximate surface area is 158 Å². The molecule has 3 heterocycles. The third-order valence-corrected chi connectivity index (χ3v) is 4.13. The number of ether oxygens (including phenoxy) is 1. The van der Waals surface area contributed by atoms with E-state index in [0.717, 1.165) is 22.2 Å². The summed E-state index contributed by atoms with van der Waals surface area (Å²) in [4.78, 5) is 11.7. The van der Waals surface area contributed by atoms with Crippen LogP contribution in [0.2, 0.25) is 0 Å². The fourth-order valence-electron chi connectivity index (χ4n) is 2.90. The van der Waals surface area contributed by atoms with Crippen molar-refractivity contribution in [3.63, 3.8) is 0 Å². The third-order valence-electron chi connectivity index (χ3n) is 4.13. The van der Waals surface area contributed by atoms with Crippen LogP contribution < -0.4 is 10.1 Å². The van der Waals surface area contributed by atoms with Gasteiger partial charge in [-0.1, -0.05) is 18.2 Å². The molecule has 8 heteroatoms. The fraction of sp³-hybridized carbons (Fsp3) is 0.100. The molecule has 0 aliphatic heterocycles. The number of para-hydroxylation sites is 2. The Morgan fingerprint density at radius 2 is 1.86 bits per heavy atom. The van der Waals surface area contributed by atoms with Crippen molar-refractivity contribution >= 4 is 22.5 Å². The molecular formula is C20H15F3N4O. The number of aromatic amines is 1. The van der Waals surface area contributed by atoms with Gasteiger partial charge in [-0.2, -0.15) is 0 Å². The number of aromatic nitrogens is 3. The second-order valence-corrected chi connectivity index (χ2v) is 6.11. The summed E-state index contributed by atoms with van der Waals surface area (Å²) in [5.74, 6) is 0.106. The Morgan fingerprint density at radius 3 is 2.64 bits per heavy atom. The Morgan fingerprint density at radius 1 is 1.00 bits per heavy atom. The summed E-state index contributed by atoms with van der Waals surface area (Å²) in [6.45, 7) is 0. The summed E-state index contributed by atoms with van der Waals surface area (Å²) in [5.41, 5.74) is 3.07. The average molecular weight is 384 g/mol. The lowest BCUT2D eigenvalue weighted by molar-refractivity contribution is -0.274. The van der Waals surface area contributed by atoms with Crippen molar-refractivity contribution in [2.24, 2.45) is 0 Å². The molecule has 4 rings (SSSR count). The molecule has 0 saturated heterocycles. The van der Waals surface area contributed by atoms with E-state index in [-0.39, 0.29) is 11.4 Å². The average Bonchev–Trinajstić information content (AvgIpc) is 3.07. The standard InChI is InChI=1S/C20H15F3N4O/c21-20(22,23)28-17-6-2-1-5-16(17)27-18-8-7-13(11-25-18)10-14-12-26-19-15(14)4-3-9-24-19/h1-9,11-12H,10H2,(H,24,26)(H,25,27). The molecule has 0 amide bonds. The van der Waals surface area contributed by atoms with Crippen LogP contribution >= 0.6 is 0 Å². The van der Waals surface area contributed by atoms with E-state index in [1.165, 1.54) is 18.2 Å². The lowest BCUT2D eigenvalue weighted by Gasteiger charge is -2.14. The highest BCUT2D eigenvalue weighted by Gasteiger charge is 2.32. The quantitative estimate of drug-likeness (QED) is 0.497. The molecule has 0 aliphatic carbocycles. The van der Waals surface area contributed by atoms with Gasteiger partial charge in [-0.25, -0.2) is 9.97 Å². The van der Waals surface area contributed by atoms with Gasteiger partial charge in [0.1, 0.15) is 11.5 Å².